The average Bonchev–Trinajstić information content (AvgIpc) is 3.44. The topological polar surface area (TPSA) is 153 Å². The minimum atomic E-state index is -1.29. The number of nitrogens with one attached hydrogen (secondary N) is 2. The zero-order valence-electron chi connectivity index (χ0n) is 23.2. The van der Waals surface area contributed by atoms with E-state index in [1.165, 1.54) is 20.1 Å². The first-order valence-corrected chi connectivity index (χ1v) is 13.3. The highest BCUT2D eigenvalue weighted by Gasteiger charge is 2.41. The number of aromatic nitrogens is 1. The van der Waals surface area contributed by atoms with Crippen molar-refractivity contribution in [1.29, 1.82) is 0 Å². The standard InChI is InChI=1S/C28H36BN3O8/c1-16(2)15-22(29-40-28(37)24-19(13-14-39-24)27(36)38-4)31-26(35)23(17(3)33)32-25(34)21-12-8-11-20(30-21)18-9-6-5-7-10-18/h5-12,16-17,19,22-24,29,33H,13-15H2,1-4H3,(H,31,35)(H,32,34)/t17-,19-,22+,23?,24-/m1/s1. The van der Waals surface area contributed by atoms with Gasteiger partial charge in [-0.25, -0.2) is 4.98 Å². The zero-order valence-corrected chi connectivity index (χ0v) is 23.2. The molecule has 1 unspecified atom stereocenters. The van der Waals surface area contributed by atoms with Crippen LogP contribution in [0.2, 0.25) is 0 Å². The molecule has 40 heavy (non-hydrogen) atoms. The molecule has 1 aromatic carbocycles. The van der Waals surface area contributed by atoms with E-state index in [2.05, 4.69) is 15.6 Å². The lowest BCUT2D eigenvalue weighted by Gasteiger charge is -2.25. The number of aliphatic hydroxyl groups excluding tert-OH is 1. The molecule has 1 aliphatic rings. The van der Waals surface area contributed by atoms with E-state index in [0.717, 1.165) is 5.56 Å². The molecule has 0 radical (unpaired) electrons. The maximum Gasteiger partial charge on any atom is 0.366 e. The molecule has 0 aliphatic carbocycles. The highest BCUT2D eigenvalue weighted by molar-refractivity contribution is 6.33. The number of nitrogens with zero attached hydrogens (tertiary/aromatic N) is 1. The first-order chi connectivity index (χ1) is 19.1. The van der Waals surface area contributed by atoms with Gasteiger partial charge in [0.05, 0.1) is 24.8 Å². The summed E-state index contributed by atoms with van der Waals surface area (Å²) < 4.78 is 15.5. The number of hydrogen-bond acceptors (Lipinski definition) is 9. The van der Waals surface area contributed by atoms with E-state index in [0.29, 0.717) is 18.5 Å². The first-order valence-electron chi connectivity index (χ1n) is 13.3. The van der Waals surface area contributed by atoms with Gasteiger partial charge in [-0.3, -0.25) is 19.2 Å². The molecule has 1 aliphatic heterocycles. The second kappa shape index (κ2) is 14.6. The van der Waals surface area contributed by atoms with E-state index in [4.69, 9.17) is 14.1 Å². The molecule has 2 aromatic rings. The third-order valence-corrected chi connectivity index (χ3v) is 6.46. The van der Waals surface area contributed by atoms with Gasteiger partial charge in [0.25, 0.3) is 5.91 Å². The minimum Gasteiger partial charge on any atom is -0.536 e. The second-order valence-electron chi connectivity index (χ2n) is 10.1. The van der Waals surface area contributed by atoms with Crippen LogP contribution in [0.15, 0.2) is 48.5 Å². The van der Waals surface area contributed by atoms with Gasteiger partial charge in [0.2, 0.25) is 5.91 Å². The maximum atomic E-state index is 13.2. The summed E-state index contributed by atoms with van der Waals surface area (Å²) in [5.74, 6) is -3.79. The summed E-state index contributed by atoms with van der Waals surface area (Å²) in [6.07, 6.45) is -1.51. The SMILES string of the molecule is COC(=O)[C@@H]1CCO[C@H]1C(=O)OB[C@H](CC(C)C)NC(=O)C(NC(=O)c1cccc(-c2ccccc2)n1)[C@@H](C)O. The Kier molecular flexibility index (Phi) is 11.2. The van der Waals surface area contributed by atoms with Gasteiger partial charge >= 0.3 is 19.4 Å². The molecule has 0 saturated carbocycles. The molecular weight excluding hydrogens is 517 g/mol. The van der Waals surface area contributed by atoms with Crippen molar-refractivity contribution in [2.24, 2.45) is 11.8 Å². The van der Waals surface area contributed by atoms with Crippen LogP contribution in [-0.2, 0) is 28.5 Å². The highest BCUT2D eigenvalue weighted by Crippen LogP contribution is 2.23. The van der Waals surface area contributed by atoms with Crippen LogP contribution in [0.3, 0.4) is 0 Å². The number of esters is 1. The van der Waals surface area contributed by atoms with Gasteiger partial charge in [0.1, 0.15) is 11.7 Å². The lowest BCUT2D eigenvalue weighted by atomic mass is 9.81. The van der Waals surface area contributed by atoms with Gasteiger partial charge in [0, 0.05) is 18.1 Å². The van der Waals surface area contributed by atoms with E-state index in [1.54, 1.807) is 12.1 Å². The van der Waals surface area contributed by atoms with E-state index in [9.17, 15) is 24.3 Å². The average molecular weight is 553 g/mol. The monoisotopic (exact) mass is 553 g/mol. The number of methoxy groups -OCH3 is 1. The minimum absolute atomic E-state index is 0.0872. The number of carbonyl (C=O) groups excluding carboxylic acids is 4. The van der Waals surface area contributed by atoms with Crippen LogP contribution in [0.5, 0.6) is 0 Å². The molecule has 3 rings (SSSR count). The Labute approximate surface area is 234 Å². The molecule has 1 saturated heterocycles. The number of ether oxygens (including phenoxy) is 2. The molecule has 2 amide bonds. The maximum absolute atomic E-state index is 13.2. The Morgan fingerprint density at radius 1 is 1.05 bits per heavy atom. The Bertz CT molecular complexity index is 1180. The van der Waals surface area contributed by atoms with Gasteiger partial charge in [-0.05, 0) is 37.8 Å². The van der Waals surface area contributed by atoms with Gasteiger partial charge in [0.15, 0.2) is 6.10 Å². The smallest absolute Gasteiger partial charge is 0.366 e. The molecule has 12 heteroatoms. The number of carbonyl (C=O) groups is 4. The molecule has 0 spiro atoms. The normalized spacial score (nSPS) is 18.8. The van der Waals surface area contributed by atoms with Crippen molar-refractivity contribution in [2.75, 3.05) is 13.7 Å². The quantitative estimate of drug-likeness (QED) is 0.260. The number of pyridine rings is 1. The fourth-order valence-electron chi connectivity index (χ4n) is 4.46. The van der Waals surface area contributed by atoms with Crippen LogP contribution in [0, 0.1) is 11.8 Å². The molecule has 1 fully saturated rings. The zero-order chi connectivity index (χ0) is 29.2. The molecule has 11 nitrogen and oxygen atoms in total. The first kappa shape index (κ1) is 30.8. The second-order valence-corrected chi connectivity index (χ2v) is 10.1. The lowest BCUT2D eigenvalue weighted by molar-refractivity contribution is -0.156. The molecule has 5 atom stereocenters. The molecule has 0 bridgehead atoms. The predicted molar refractivity (Wildman–Crippen MR) is 147 cm³/mol. The van der Waals surface area contributed by atoms with Gasteiger partial charge in [-0.2, -0.15) is 0 Å². The molecule has 3 N–H and O–H groups in total. The number of aliphatic hydroxyl groups is 1. The van der Waals surface area contributed by atoms with Gasteiger partial charge in [-0.15, -0.1) is 0 Å². The van der Waals surface area contributed by atoms with Crippen molar-refractivity contribution in [1.82, 2.24) is 15.6 Å². The summed E-state index contributed by atoms with van der Waals surface area (Å²) >= 11 is 0. The van der Waals surface area contributed by atoms with Crippen molar-refractivity contribution < 1.29 is 38.4 Å². The summed E-state index contributed by atoms with van der Waals surface area (Å²) in [6, 6.07) is 13.0. The van der Waals surface area contributed by atoms with Crippen molar-refractivity contribution in [3.05, 3.63) is 54.2 Å². The molecular formula is C28H36BN3O8. The summed E-state index contributed by atoms with van der Waals surface area (Å²) in [4.78, 5) is 55.2. The summed E-state index contributed by atoms with van der Waals surface area (Å²) in [7, 11) is 1.06. The Hall–Kier alpha value is -3.77. The summed E-state index contributed by atoms with van der Waals surface area (Å²) in [5.41, 5.74) is 1.50. The fraction of sp³-hybridized carbons (Fsp3) is 0.464. The lowest BCUT2D eigenvalue weighted by Crippen LogP contribution is -2.56. The van der Waals surface area contributed by atoms with Crippen molar-refractivity contribution in [3.8, 4) is 11.3 Å². The van der Waals surface area contributed by atoms with Gasteiger partial charge in [-0.1, -0.05) is 50.2 Å². The van der Waals surface area contributed by atoms with E-state index < -0.39 is 53.9 Å². The largest absolute Gasteiger partial charge is 0.536 e. The molecule has 214 valence electrons. The third kappa shape index (κ3) is 8.37. The number of benzene rings is 1. The fourth-order valence-corrected chi connectivity index (χ4v) is 4.46. The van der Waals surface area contributed by atoms with Crippen LogP contribution in [-0.4, -0.2) is 79.2 Å². The molecule has 1 aromatic heterocycles. The van der Waals surface area contributed by atoms with Crippen molar-refractivity contribution in [2.45, 2.75) is 57.8 Å². The number of hydrogen-bond donors (Lipinski definition) is 3. The predicted octanol–water partition coefficient (Wildman–Crippen LogP) is 1.19. The van der Waals surface area contributed by atoms with E-state index >= 15 is 0 Å². The summed E-state index contributed by atoms with van der Waals surface area (Å²) in [5, 5.41) is 15.7. The Balaban J connectivity index is 1.65. The third-order valence-electron chi connectivity index (χ3n) is 6.46. The number of amides is 2. The summed E-state index contributed by atoms with van der Waals surface area (Å²) in [6.45, 7) is 5.49. The number of rotatable bonds is 12. The van der Waals surface area contributed by atoms with Crippen LogP contribution in [0.1, 0.15) is 44.1 Å². The van der Waals surface area contributed by atoms with E-state index in [1.807, 2.05) is 44.2 Å². The van der Waals surface area contributed by atoms with Gasteiger partial charge < -0.3 is 29.9 Å². The van der Waals surface area contributed by atoms with Crippen LogP contribution in [0.25, 0.3) is 11.3 Å². The van der Waals surface area contributed by atoms with Crippen LogP contribution >= 0.6 is 0 Å². The van der Waals surface area contributed by atoms with Crippen LogP contribution < -0.4 is 10.6 Å². The Morgan fingerprint density at radius 2 is 1.77 bits per heavy atom. The van der Waals surface area contributed by atoms with Crippen molar-refractivity contribution in [3.63, 3.8) is 0 Å². The van der Waals surface area contributed by atoms with E-state index in [-0.39, 0.29) is 25.7 Å². The molecule has 2 heterocycles. The van der Waals surface area contributed by atoms with Crippen molar-refractivity contribution >= 4 is 31.2 Å². The highest BCUT2D eigenvalue weighted by atomic mass is 16.6. The van der Waals surface area contributed by atoms with Crippen LogP contribution in [0.4, 0.5) is 0 Å². The Morgan fingerprint density at radius 3 is 2.42 bits per heavy atom.